The molecule has 0 bridgehead atoms. The second-order valence-corrected chi connectivity index (χ2v) is 2.13. The van der Waals surface area contributed by atoms with Crippen LogP contribution in [-0.4, -0.2) is 7.11 Å². The molecule has 1 heterocycles. The maximum Gasteiger partial charge on any atom is 0.363 e. The lowest BCUT2D eigenvalue weighted by molar-refractivity contribution is 0.400. The molecule has 60 valence electrons. The van der Waals surface area contributed by atoms with Gasteiger partial charge in [0.25, 0.3) is 0 Å². The van der Waals surface area contributed by atoms with E-state index in [1.165, 1.54) is 7.11 Å². The predicted molar refractivity (Wildman–Crippen MR) is 40.7 cm³/mol. The van der Waals surface area contributed by atoms with Crippen molar-refractivity contribution >= 4 is 5.69 Å². The molecule has 4 heteroatoms. The summed E-state index contributed by atoms with van der Waals surface area (Å²) in [5.74, 6) is 0.847. The molecule has 0 saturated heterocycles. The number of aryl methyl sites for hydroxylation is 1. The van der Waals surface area contributed by atoms with Crippen LogP contribution in [0.5, 0.6) is 5.75 Å². The molecular weight excluding hydrogens is 146 g/mol. The Bertz CT molecular complexity index is 316. The number of methoxy groups -OCH3 is 1. The number of rotatable bonds is 1. The third-order valence-electron chi connectivity index (χ3n) is 1.29. The summed E-state index contributed by atoms with van der Waals surface area (Å²) in [6, 6.07) is 1.57. The van der Waals surface area contributed by atoms with Crippen LogP contribution in [-0.2, 0) is 0 Å². The summed E-state index contributed by atoms with van der Waals surface area (Å²) >= 11 is 0. The monoisotopic (exact) mass is 155 g/mol. The molecule has 0 aliphatic carbocycles. The molecule has 1 aromatic rings. The third kappa shape index (κ3) is 1.34. The molecule has 0 aliphatic rings. The van der Waals surface area contributed by atoms with E-state index in [1.807, 2.05) is 0 Å². The van der Waals surface area contributed by atoms with Gasteiger partial charge in [0.2, 0.25) is 0 Å². The van der Waals surface area contributed by atoms with Crippen LogP contribution in [0.1, 0.15) is 5.76 Å². The fourth-order valence-corrected chi connectivity index (χ4v) is 0.762. The number of nitrogens with two attached hydrogens (primary N) is 1. The van der Waals surface area contributed by atoms with Gasteiger partial charge in [-0.15, -0.1) is 0 Å². The van der Waals surface area contributed by atoms with Gasteiger partial charge in [-0.1, -0.05) is 0 Å². The zero-order valence-electron chi connectivity index (χ0n) is 6.38. The van der Waals surface area contributed by atoms with Crippen LogP contribution in [0.25, 0.3) is 0 Å². The maximum atomic E-state index is 10.8. The SMILES string of the molecule is COc1cc(C)oc(=O)c1N. The first-order valence-corrected chi connectivity index (χ1v) is 3.09. The highest BCUT2D eigenvalue weighted by Crippen LogP contribution is 2.16. The first-order valence-electron chi connectivity index (χ1n) is 3.09. The van der Waals surface area contributed by atoms with Crippen molar-refractivity contribution in [3.05, 3.63) is 22.2 Å². The van der Waals surface area contributed by atoms with Crippen molar-refractivity contribution in [1.82, 2.24) is 0 Å². The van der Waals surface area contributed by atoms with Gasteiger partial charge in [-0.3, -0.25) is 0 Å². The third-order valence-corrected chi connectivity index (χ3v) is 1.29. The number of nitrogen functional groups attached to an aromatic ring is 1. The van der Waals surface area contributed by atoms with Crippen LogP contribution in [0.3, 0.4) is 0 Å². The van der Waals surface area contributed by atoms with E-state index in [0.29, 0.717) is 11.5 Å². The van der Waals surface area contributed by atoms with Crippen molar-refractivity contribution < 1.29 is 9.15 Å². The average Bonchev–Trinajstić information content (AvgIpc) is 1.96. The molecule has 1 rings (SSSR count). The quantitative estimate of drug-likeness (QED) is 0.642. The lowest BCUT2D eigenvalue weighted by atomic mass is 10.3. The molecule has 4 nitrogen and oxygen atoms in total. The zero-order chi connectivity index (χ0) is 8.43. The lowest BCUT2D eigenvalue weighted by Crippen LogP contribution is -2.08. The Morgan fingerprint density at radius 3 is 2.82 bits per heavy atom. The standard InChI is InChI=1S/C7H9NO3/c1-4-3-5(10-2)6(8)7(9)11-4/h3H,8H2,1-2H3. The van der Waals surface area contributed by atoms with Gasteiger partial charge in [0, 0.05) is 6.07 Å². The molecule has 0 spiro atoms. The molecule has 11 heavy (non-hydrogen) atoms. The average molecular weight is 155 g/mol. The summed E-state index contributed by atoms with van der Waals surface area (Å²) in [7, 11) is 1.45. The van der Waals surface area contributed by atoms with E-state index in [0.717, 1.165) is 0 Å². The zero-order valence-corrected chi connectivity index (χ0v) is 6.38. The van der Waals surface area contributed by atoms with E-state index < -0.39 is 5.63 Å². The molecule has 0 atom stereocenters. The highest BCUT2D eigenvalue weighted by Gasteiger charge is 2.05. The molecule has 0 amide bonds. The minimum absolute atomic E-state index is 0.0121. The Morgan fingerprint density at radius 2 is 2.27 bits per heavy atom. The van der Waals surface area contributed by atoms with Crippen molar-refractivity contribution in [2.24, 2.45) is 0 Å². The van der Waals surface area contributed by atoms with Gasteiger partial charge < -0.3 is 14.9 Å². The van der Waals surface area contributed by atoms with Gasteiger partial charge in [-0.2, -0.15) is 0 Å². The Morgan fingerprint density at radius 1 is 1.64 bits per heavy atom. The Kier molecular flexibility index (Phi) is 1.85. The van der Waals surface area contributed by atoms with Crippen LogP contribution in [0.4, 0.5) is 5.69 Å². The summed E-state index contributed by atoms with van der Waals surface area (Å²) in [6.45, 7) is 1.66. The van der Waals surface area contributed by atoms with Crippen LogP contribution in [0.15, 0.2) is 15.3 Å². The molecule has 0 aliphatic heterocycles. The highest BCUT2D eigenvalue weighted by molar-refractivity contribution is 5.49. The van der Waals surface area contributed by atoms with Crippen LogP contribution in [0, 0.1) is 6.92 Å². The second-order valence-electron chi connectivity index (χ2n) is 2.13. The number of hydrogen-bond donors (Lipinski definition) is 1. The normalized spacial score (nSPS) is 9.64. The van der Waals surface area contributed by atoms with Crippen molar-refractivity contribution in [2.75, 3.05) is 12.8 Å². The van der Waals surface area contributed by atoms with E-state index in [9.17, 15) is 4.79 Å². The minimum atomic E-state index is -0.554. The molecule has 0 saturated carbocycles. The first kappa shape index (κ1) is 7.65. The van der Waals surface area contributed by atoms with E-state index in [4.69, 9.17) is 10.5 Å². The summed E-state index contributed by atoms with van der Waals surface area (Å²) in [6.07, 6.45) is 0. The number of anilines is 1. The summed E-state index contributed by atoms with van der Waals surface area (Å²) in [5, 5.41) is 0. The van der Waals surface area contributed by atoms with Crippen molar-refractivity contribution in [1.29, 1.82) is 0 Å². The minimum Gasteiger partial charge on any atom is -0.494 e. The molecule has 1 aromatic heterocycles. The van der Waals surface area contributed by atoms with Gasteiger partial charge in [0.05, 0.1) is 7.11 Å². The highest BCUT2D eigenvalue weighted by atomic mass is 16.5. The number of hydrogen-bond acceptors (Lipinski definition) is 4. The molecule has 2 N–H and O–H groups in total. The molecule has 0 fully saturated rings. The molecular formula is C7H9NO3. The fraction of sp³-hybridized carbons (Fsp3) is 0.286. The molecule has 0 radical (unpaired) electrons. The van der Waals surface area contributed by atoms with E-state index in [2.05, 4.69) is 4.42 Å². The topological polar surface area (TPSA) is 65.5 Å². The Hall–Kier alpha value is -1.45. The van der Waals surface area contributed by atoms with Gasteiger partial charge >= 0.3 is 5.63 Å². The number of ether oxygens (including phenoxy) is 1. The van der Waals surface area contributed by atoms with Gasteiger partial charge in [0.1, 0.15) is 5.76 Å². The smallest absolute Gasteiger partial charge is 0.363 e. The lowest BCUT2D eigenvalue weighted by Gasteiger charge is -2.01. The van der Waals surface area contributed by atoms with Crippen LogP contribution >= 0.6 is 0 Å². The van der Waals surface area contributed by atoms with Crippen molar-refractivity contribution in [3.63, 3.8) is 0 Å². The Labute approximate surface area is 63.6 Å². The first-order chi connectivity index (χ1) is 5.15. The van der Waals surface area contributed by atoms with Crippen molar-refractivity contribution in [2.45, 2.75) is 6.92 Å². The Balaban J connectivity index is 3.36. The van der Waals surface area contributed by atoms with Gasteiger partial charge in [-0.25, -0.2) is 4.79 Å². The van der Waals surface area contributed by atoms with Crippen molar-refractivity contribution in [3.8, 4) is 5.75 Å². The van der Waals surface area contributed by atoms with Gasteiger partial charge in [0.15, 0.2) is 11.4 Å². The summed E-state index contributed by atoms with van der Waals surface area (Å²) < 4.78 is 9.51. The summed E-state index contributed by atoms with van der Waals surface area (Å²) in [4.78, 5) is 10.8. The van der Waals surface area contributed by atoms with E-state index in [-0.39, 0.29) is 5.69 Å². The predicted octanol–water partition coefficient (Wildman–Crippen LogP) is 0.539. The largest absolute Gasteiger partial charge is 0.494 e. The molecule has 0 aromatic carbocycles. The maximum absolute atomic E-state index is 10.8. The fourth-order valence-electron chi connectivity index (χ4n) is 0.762. The summed E-state index contributed by atoms with van der Waals surface area (Å²) in [5.41, 5.74) is 4.79. The van der Waals surface area contributed by atoms with Crippen LogP contribution in [0.2, 0.25) is 0 Å². The van der Waals surface area contributed by atoms with Gasteiger partial charge in [-0.05, 0) is 6.92 Å². The van der Waals surface area contributed by atoms with E-state index >= 15 is 0 Å². The van der Waals surface area contributed by atoms with Crippen LogP contribution < -0.4 is 16.1 Å². The van der Waals surface area contributed by atoms with E-state index in [1.54, 1.807) is 13.0 Å². The molecule has 0 unspecified atom stereocenters. The second kappa shape index (κ2) is 2.65.